The van der Waals surface area contributed by atoms with E-state index in [2.05, 4.69) is 20.6 Å². The maximum absolute atomic E-state index is 13.7. The minimum atomic E-state index is -2.72. The predicted octanol–water partition coefficient (Wildman–Crippen LogP) is 0.0307. The van der Waals surface area contributed by atoms with Crippen LogP contribution in [0.25, 0.3) is 0 Å². The Bertz CT molecular complexity index is 1830. The van der Waals surface area contributed by atoms with E-state index in [1.807, 2.05) is 25.1 Å². The van der Waals surface area contributed by atoms with Gasteiger partial charge in [-0.2, -0.15) is 0 Å². The van der Waals surface area contributed by atoms with Gasteiger partial charge in [-0.25, -0.2) is 14.8 Å². The number of nitrogens with zero attached hydrogens (tertiary/aromatic N) is 5. The van der Waals surface area contributed by atoms with Crippen LogP contribution in [0.2, 0.25) is 0 Å². The number of guanidine groups is 2. The van der Waals surface area contributed by atoms with E-state index >= 15 is 0 Å². The van der Waals surface area contributed by atoms with Gasteiger partial charge in [-0.05, 0) is 42.8 Å². The molecule has 0 radical (unpaired) electrons. The van der Waals surface area contributed by atoms with Gasteiger partial charge >= 0.3 is 6.03 Å². The van der Waals surface area contributed by atoms with Crippen molar-refractivity contribution in [1.29, 1.82) is 0 Å². The SMILES string of the molecule is Cc1ccccc1Oc1ccccc1C(=O)NC1CN2C(N)=N[C@@H](CN3C(=O)CN(c4ccccc4)C3=O)[C@@H]3N=C(N)NC32C1(O)O. The highest BCUT2D eigenvalue weighted by Gasteiger charge is 2.73. The quantitative estimate of drug-likeness (QED) is 0.151. The Labute approximate surface area is 269 Å². The number of nitrogens with two attached hydrogens (primary N) is 2. The molecule has 4 aliphatic heterocycles. The van der Waals surface area contributed by atoms with E-state index in [4.69, 9.17) is 16.2 Å². The molecule has 2 saturated heterocycles. The molecule has 3 aromatic rings. The second-order valence-corrected chi connectivity index (χ2v) is 11.8. The molecule has 4 heterocycles. The van der Waals surface area contributed by atoms with Crippen LogP contribution in [0.4, 0.5) is 10.5 Å². The molecule has 1 spiro atoms. The first kappa shape index (κ1) is 30.0. The standard InChI is InChI=1S/C32H33N9O6/c1-18-9-5-7-13-22(18)47-23-14-8-6-12-20(23)27(43)36-24-16-41-29(34)35-21(26-31(41,32(24,45)46)38-28(33)37-26)15-40-25(42)17-39(30(40)44)19-10-3-2-4-11-19/h2-14,21,24,26,45-46H,15-17H2,1H3,(H2,34,35)(H,36,43)(H3,33,37,38)/t21-,24?,26-,31?/m0/s1. The summed E-state index contributed by atoms with van der Waals surface area (Å²) in [4.78, 5) is 52.8. The van der Waals surface area contributed by atoms with E-state index in [-0.39, 0.29) is 42.9 Å². The van der Waals surface area contributed by atoms with Crippen LogP contribution in [-0.2, 0) is 4.79 Å². The maximum Gasteiger partial charge on any atom is 0.331 e. The number of aryl methyl sites for hydroxylation is 1. The molecule has 0 bridgehead atoms. The van der Waals surface area contributed by atoms with E-state index in [1.165, 1.54) is 9.80 Å². The minimum absolute atomic E-state index is 0.116. The van der Waals surface area contributed by atoms with E-state index in [1.54, 1.807) is 60.7 Å². The van der Waals surface area contributed by atoms with E-state index in [9.17, 15) is 24.6 Å². The van der Waals surface area contributed by atoms with E-state index < -0.39 is 47.4 Å². The second-order valence-electron chi connectivity index (χ2n) is 11.8. The highest BCUT2D eigenvalue weighted by molar-refractivity contribution is 6.12. The molecule has 4 aliphatic rings. The van der Waals surface area contributed by atoms with Crippen LogP contribution >= 0.6 is 0 Å². The number of hydrogen-bond donors (Lipinski definition) is 6. The number of urea groups is 1. The van der Waals surface area contributed by atoms with Crippen molar-refractivity contribution >= 4 is 35.5 Å². The molecular formula is C32H33N9O6. The summed E-state index contributed by atoms with van der Waals surface area (Å²) in [6.45, 7) is 1.27. The number of ether oxygens (including phenoxy) is 1. The topological polar surface area (TPSA) is 211 Å². The number of benzene rings is 3. The van der Waals surface area contributed by atoms with Crippen LogP contribution in [0.15, 0.2) is 88.8 Å². The predicted molar refractivity (Wildman–Crippen MR) is 170 cm³/mol. The van der Waals surface area contributed by atoms with Crippen molar-refractivity contribution in [2.24, 2.45) is 21.5 Å². The fourth-order valence-corrected chi connectivity index (χ4v) is 6.72. The number of amides is 4. The normalized spacial score (nSPS) is 25.9. The first-order valence-corrected chi connectivity index (χ1v) is 15.0. The van der Waals surface area contributed by atoms with Crippen molar-refractivity contribution in [2.75, 3.05) is 24.5 Å². The summed E-state index contributed by atoms with van der Waals surface area (Å²) in [7, 11) is 0. The van der Waals surface area contributed by atoms with E-state index in [0.29, 0.717) is 11.4 Å². The summed E-state index contributed by atoms with van der Waals surface area (Å²) in [5, 5.41) is 29.3. The average Bonchev–Trinajstić information content (AvgIpc) is 3.63. The number of rotatable bonds is 7. The number of para-hydroxylation sites is 3. The number of hydrogen-bond acceptors (Lipinski definition) is 12. The van der Waals surface area contributed by atoms with Gasteiger partial charge in [0.15, 0.2) is 17.6 Å². The number of anilines is 1. The molecule has 15 heteroatoms. The third-order valence-electron chi connectivity index (χ3n) is 9.05. The molecule has 3 aromatic carbocycles. The molecule has 0 saturated carbocycles. The highest BCUT2D eigenvalue weighted by atomic mass is 16.5. The monoisotopic (exact) mass is 639 g/mol. The lowest BCUT2D eigenvalue weighted by Gasteiger charge is -2.49. The number of carbonyl (C=O) groups excluding carboxylic acids is 3. The molecule has 0 aromatic heterocycles. The molecule has 242 valence electrons. The van der Waals surface area contributed by atoms with Crippen LogP contribution in [0.3, 0.4) is 0 Å². The summed E-state index contributed by atoms with van der Waals surface area (Å²) in [6.07, 6.45) is 0. The molecule has 0 aliphatic carbocycles. The average molecular weight is 640 g/mol. The van der Waals surface area contributed by atoms with E-state index in [0.717, 1.165) is 10.5 Å². The fourth-order valence-electron chi connectivity index (χ4n) is 6.72. The van der Waals surface area contributed by atoms with Gasteiger partial charge in [-0.1, -0.05) is 48.5 Å². The fraction of sp³-hybridized carbons (Fsp3) is 0.281. The summed E-state index contributed by atoms with van der Waals surface area (Å²) < 4.78 is 6.06. The van der Waals surface area contributed by atoms with Crippen molar-refractivity contribution < 1.29 is 29.3 Å². The van der Waals surface area contributed by atoms with Gasteiger partial charge in [0.25, 0.3) is 11.8 Å². The van der Waals surface area contributed by atoms with Crippen molar-refractivity contribution in [3.63, 3.8) is 0 Å². The lowest BCUT2D eigenvalue weighted by molar-refractivity contribution is -0.230. The number of imide groups is 1. The Morgan fingerprint density at radius 2 is 1.68 bits per heavy atom. The van der Waals surface area contributed by atoms with Gasteiger partial charge < -0.3 is 42.0 Å². The summed E-state index contributed by atoms with van der Waals surface area (Å²) >= 11 is 0. The smallest absolute Gasteiger partial charge is 0.331 e. The van der Waals surface area contributed by atoms with Crippen molar-refractivity contribution in [3.05, 3.63) is 90.0 Å². The van der Waals surface area contributed by atoms with Crippen molar-refractivity contribution in [3.8, 4) is 11.5 Å². The van der Waals surface area contributed by atoms with Crippen LogP contribution < -0.4 is 31.7 Å². The van der Waals surface area contributed by atoms with Gasteiger partial charge in [0.1, 0.15) is 30.1 Å². The Kier molecular flexibility index (Phi) is 7.02. The highest BCUT2D eigenvalue weighted by Crippen LogP contribution is 2.45. The van der Waals surface area contributed by atoms with Crippen molar-refractivity contribution in [2.45, 2.75) is 36.5 Å². The summed E-state index contributed by atoms with van der Waals surface area (Å²) in [6, 6.07) is 18.7. The second kappa shape index (κ2) is 11.0. The number of nitrogens with one attached hydrogen (secondary N) is 2. The van der Waals surface area contributed by atoms with Gasteiger partial charge in [-0.15, -0.1) is 0 Å². The Morgan fingerprint density at radius 3 is 2.43 bits per heavy atom. The zero-order valence-corrected chi connectivity index (χ0v) is 25.3. The Balaban J connectivity index is 1.15. The largest absolute Gasteiger partial charge is 0.456 e. The molecular weight excluding hydrogens is 606 g/mol. The number of aliphatic hydroxyl groups is 2. The number of carbonyl (C=O) groups is 3. The molecule has 4 atom stereocenters. The molecule has 15 nitrogen and oxygen atoms in total. The van der Waals surface area contributed by atoms with Crippen LogP contribution in [0.5, 0.6) is 11.5 Å². The van der Waals surface area contributed by atoms with Gasteiger partial charge in [0, 0.05) is 12.2 Å². The summed E-state index contributed by atoms with van der Waals surface area (Å²) in [5.41, 5.74) is 12.2. The van der Waals surface area contributed by atoms with Gasteiger partial charge in [0.05, 0.1) is 18.2 Å². The molecule has 47 heavy (non-hydrogen) atoms. The third kappa shape index (κ3) is 4.70. The minimum Gasteiger partial charge on any atom is -0.456 e. The van der Waals surface area contributed by atoms with Gasteiger partial charge in [0.2, 0.25) is 5.79 Å². The van der Waals surface area contributed by atoms with Crippen molar-refractivity contribution in [1.82, 2.24) is 20.4 Å². The van der Waals surface area contributed by atoms with Crippen LogP contribution in [0, 0.1) is 6.92 Å². The molecule has 7 rings (SSSR count). The third-order valence-corrected chi connectivity index (χ3v) is 9.05. The lowest BCUT2D eigenvalue weighted by Crippen LogP contribution is -2.78. The maximum atomic E-state index is 13.7. The van der Waals surface area contributed by atoms with Crippen LogP contribution in [-0.4, -0.2) is 99.0 Å². The first-order chi connectivity index (χ1) is 22.5. The zero-order chi connectivity index (χ0) is 33.1. The number of aliphatic imine (C=N–C) groups is 2. The summed E-state index contributed by atoms with van der Waals surface area (Å²) in [5.74, 6) is -3.23. The molecule has 4 amide bonds. The first-order valence-electron chi connectivity index (χ1n) is 15.0. The Hall–Kier alpha value is -5.67. The van der Waals surface area contributed by atoms with Gasteiger partial charge in [-0.3, -0.25) is 19.4 Å². The zero-order valence-electron chi connectivity index (χ0n) is 25.3. The lowest BCUT2D eigenvalue weighted by atomic mass is 9.84. The molecule has 2 unspecified atom stereocenters. The Morgan fingerprint density at radius 1 is 1.00 bits per heavy atom. The van der Waals surface area contributed by atoms with Crippen LogP contribution in [0.1, 0.15) is 15.9 Å². The molecule has 2 fully saturated rings. The molecule has 8 N–H and O–H groups in total.